The number of carboxylic acids is 2. The third-order valence-electron chi connectivity index (χ3n) is 4.26. The van der Waals surface area contributed by atoms with Gasteiger partial charge in [-0.25, -0.2) is 9.59 Å². The lowest BCUT2D eigenvalue weighted by Crippen LogP contribution is -2.31. The van der Waals surface area contributed by atoms with Crippen molar-refractivity contribution in [1.82, 2.24) is 5.32 Å². The Morgan fingerprint density at radius 2 is 1.60 bits per heavy atom. The highest BCUT2D eigenvalue weighted by molar-refractivity contribution is 5.98. The maximum Gasteiger partial charge on any atom is 0.334 e. The van der Waals surface area contributed by atoms with E-state index >= 15 is 0 Å². The molecule has 0 aromatic heterocycles. The first kappa shape index (κ1) is 16.7. The highest BCUT2D eigenvalue weighted by Crippen LogP contribution is 2.47. The van der Waals surface area contributed by atoms with Gasteiger partial charge in [-0.15, -0.1) is 0 Å². The minimum atomic E-state index is -1.21. The largest absolute Gasteiger partial charge is 0.496 e. The van der Waals surface area contributed by atoms with E-state index in [1.807, 2.05) is 0 Å². The average molecular weight is 347 g/mol. The Kier molecular flexibility index (Phi) is 4.03. The zero-order valence-electron chi connectivity index (χ0n) is 13.9. The van der Waals surface area contributed by atoms with Gasteiger partial charge in [-0.1, -0.05) is 0 Å². The van der Waals surface area contributed by atoms with Crippen molar-refractivity contribution in [3.63, 3.8) is 0 Å². The van der Waals surface area contributed by atoms with Crippen LogP contribution in [0.5, 0.6) is 17.2 Å². The molecule has 0 saturated heterocycles. The van der Waals surface area contributed by atoms with Crippen molar-refractivity contribution in [1.29, 1.82) is 0 Å². The number of aliphatic carboxylic acids is 2. The molecule has 0 aliphatic carbocycles. The second-order valence-electron chi connectivity index (χ2n) is 5.69. The van der Waals surface area contributed by atoms with Gasteiger partial charge in [0.05, 0.1) is 24.2 Å². The SMILES string of the molecule is COc1cc2c(cc1C1C(C(=O)O)=C(C)NC(C)=C1C(=O)O)OCO2. The van der Waals surface area contributed by atoms with Gasteiger partial charge in [0.15, 0.2) is 11.5 Å². The molecule has 2 aliphatic heterocycles. The molecule has 1 aromatic carbocycles. The summed E-state index contributed by atoms with van der Waals surface area (Å²) in [7, 11) is 1.43. The first-order valence-electron chi connectivity index (χ1n) is 7.47. The molecular formula is C17H17NO7. The standard InChI is InChI=1S/C17H17NO7/c1-7-13(16(19)20)15(14(17(21)22)8(2)18-7)9-4-11-12(25-6-24-11)5-10(9)23-3/h4-5,15,18H,6H2,1-3H3,(H,19,20)(H,21,22). The van der Waals surface area contributed by atoms with Crippen LogP contribution in [0.3, 0.4) is 0 Å². The van der Waals surface area contributed by atoms with Crippen LogP contribution in [-0.2, 0) is 9.59 Å². The molecule has 25 heavy (non-hydrogen) atoms. The monoisotopic (exact) mass is 347 g/mol. The van der Waals surface area contributed by atoms with Gasteiger partial charge in [0, 0.05) is 23.0 Å². The van der Waals surface area contributed by atoms with Crippen molar-refractivity contribution < 1.29 is 34.0 Å². The number of ether oxygens (including phenoxy) is 3. The highest BCUT2D eigenvalue weighted by Gasteiger charge is 2.39. The third-order valence-corrected chi connectivity index (χ3v) is 4.26. The topological polar surface area (TPSA) is 114 Å². The molecule has 1 aromatic rings. The number of hydrogen-bond acceptors (Lipinski definition) is 6. The van der Waals surface area contributed by atoms with Crippen molar-refractivity contribution in [2.75, 3.05) is 13.9 Å². The number of nitrogens with one attached hydrogen (secondary N) is 1. The van der Waals surface area contributed by atoms with Crippen molar-refractivity contribution in [3.05, 3.63) is 40.2 Å². The number of rotatable bonds is 4. The van der Waals surface area contributed by atoms with Crippen LogP contribution in [0.25, 0.3) is 0 Å². The van der Waals surface area contributed by atoms with Gasteiger partial charge in [-0.3, -0.25) is 0 Å². The first-order chi connectivity index (χ1) is 11.8. The Bertz CT molecular complexity index is 802. The van der Waals surface area contributed by atoms with Gasteiger partial charge in [0.2, 0.25) is 6.79 Å². The zero-order chi connectivity index (χ0) is 18.3. The molecule has 2 aliphatic rings. The number of allylic oxidation sites excluding steroid dienone is 2. The molecule has 0 fully saturated rings. The summed E-state index contributed by atoms with van der Waals surface area (Å²) in [5, 5.41) is 22.2. The summed E-state index contributed by atoms with van der Waals surface area (Å²) in [5.74, 6) is -2.22. The molecule has 0 atom stereocenters. The van der Waals surface area contributed by atoms with Crippen molar-refractivity contribution in [2.45, 2.75) is 19.8 Å². The van der Waals surface area contributed by atoms with Gasteiger partial charge in [0.25, 0.3) is 0 Å². The number of fused-ring (bicyclic) bond motifs is 1. The van der Waals surface area contributed by atoms with Crippen LogP contribution in [0.2, 0.25) is 0 Å². The quantitative estimate of drug-likeness (QED) is 0.756. The molecule has 0 bridgehead atoms. The first-order valence-corrected chi connectivity index (χ1v) is 7.47. The molecule has 3 N–H and O–H groups in total. The summed E-state index contributed by atoms with van der Waals surface area (Å²) < 4.78 is 16.0. The van der Waals surface area contributed by atoms with E-state index in [1.165, 1.54) is 7.11 Å². The molecule has 132 valence electrons. The molecule has 8 heteroatoms. The summed E-state index contributed by atoms with van der Waals surface area (Å²) in [6, 6.07) is 3.15. The zero-order valence-corrected chi connectivity index (χ0v) is 13.9. The van der Waals surface area contributed by atoms with Crippen LogP contribution >= 0.6 is 0 Å². The Labute approximate surface area is 143 Å². The number of hydrogen-bond donors (Lipinski definition) is 3. The maximum absolute atomic E-state index is 11.8. The van der Waals surface area contributed by atoms with Gasteiger partial charge in [-0.2, -0.15) is 0 Å². The van der Waals surface area contributed by atoms with Crippen molar-refractivity contribution in [2.24, 2.45) is 0 Å². The summed E-state index contributed by atoms with van der Waals surface area (Å²) in [4.78, 5) is 23.7. The van der Waals surface area contributed by atoms with Gasteiger partial charge < -0.3 is 29.7 Å². The summed E-state index contributed by atoms with van der Waals surface area (Å²) >= 11 is 0. The lowest BCUT2D eigenvalue weighted by atomic mass is 9.80. The highest BCUT2D eigenvalue weighted by atomic mass is 16.7. The fourth-order valence-electron chi connectivity index (χ4n) is 3.21. The molecule has 8 nitrogen and oxygen atoms in total. The van der Waals surface area contributed by atoms with Crippen LogP contribution in [0.15, 0.2) is 34.7 Å². The van der Waals surface area contributed by atoms with Crippen molar-refractivity contribution >= 4 is 11.9 Å². The van der Waals surface area contributed by atoms with E-state index in [9.17, 15) is 19.8 Å². The Balaban J connectivity index is 2.28. The summed E-state index contributed by atoms with van der Waals surface area (Å²) in [6.45, 7) is 3.23. The average Bonchev–Trinajstić information content (AvgIpc) is 2.99. The molecule has 0 radical (unpaired) electrons. The Hall–Kier alpha value is -3.16. The third kappa shape index (κ3) is 2.65. The lowest BCUT2D eigenvalue weighted by Gasteiger charge is -2.29. The Morgan fingerprint density at radius 1 is 1.08 bits per heavy atom. The van der Waals surface area contributed by atoms with E-state index in [0.717, 1.165) is 0 Å². The smallest absolute Gasteiger partial charge is 0.334 e. The van der Waals surface area contributed by atoms with Crippen LogP contribution < -0.4 is 19.5 Å². The summed E-state index contributed by atoms with van der Waals surface area (Å²) in [5.41, 5.74) is 1.03. The number of benzene rings is 1. The van der Waals surface area contributed by atoms with Crippen LogP contribution in [-0.4, -0.2) is 36.1 Å². The van der Waals surface area contributed by atoms with Crippen molar-refractivity contribution in [3.8, 4) is 17.2 Å². The fraction of sp³-hybridized carbons (Fsp3) is 0.294. The maximum atomic E-state index is 11.8. The number of dihydropyridines is 1. The molecule has 2 heterocycles. The second-order valence-corrected chi connectivity index (χ2v) is 5.69. The van der Waals surface area contributed by atoms with E-state index < -0.39 is 17.9 Å². The molecule has 0 unspecified atom stereocenters. The molecule has 0 spiro atoms. The molecule has 0 saturated carbocycles. The predicted octanol–water partition coefficient (Wildman–Crippen LogP) is 1.83. The van der Waals surface area contributed by atoms with E-state index in [4.69, 9.17) is 14.2 Å². The second kappa shape index (κ2) is 6.04. The van der Waals surface area contributed by atoms with E-state index in [-0.39, 0.29) is 17.9 Å². The van der Waals surface area contributed by atoms with Crippen LogP contribution in [0.4, 0.5) is 0 Å². The fourth-order valence-corrected chi connectivity index (χ4v) is 3.21. The molecule has 0 amide bonds. The molecule has 3 rings (SSSR count). The normalized spacial score (nSPS) is 16.8. The van der Waals surface area contributed by atoms with E-state index in [0.29, 0.717) is 34.2 Å². The number of methoxy groups -OCH3 is 1. The number of carboxylic acid groups (broad SMARTS) is 2. The number of carbonyl (C=O) groups is 2. The Morgan fingerprint density at radius 3 is 2.08 bits per heavy atom. The minimum absolute atomic E-state index is 0.0372. The minimum Gasteiger partial charge on any atom is -0.496 e. The van der Waals surface area contributed by atoms with E-state index in [2.05, 4.69) is 5.32 Å². The van der Waals surface area contributed by atoms with E-state index in [1.54, 1.807) is 26.0 Å². The van der Waals surface area contributed by atoms with Crippen LogP contribution in [0.1, 0.15) is 25.3 Å². The summed E-state index contributed by atoms with van der Waals surface area (Å²) in [6.07, 6.45) is 0. The van der Waals surface area contributed by atoms with Gasteiger partial charge in [-0.05, 0) is 19.9 Å². The molecular weight excluding hydrogens is 330 g/mol. The van der Waals surface area contributed by atoms with Gasteiger partial charge in [0.1, 0.15) is 5.75 Å². The predicted molar refractivity (Wildman–Crippen MR) is 85.7 cm³/mol. The van der Waals surface area contributed by atoms with Gasteiger partial charge >= 0.3 is 11.9 Å². The lowest BCUT2D eigenvalue weighted by molar-refractivity contribution is -0.133. The van der Waals surface area contributed by atoms with Crippen LogP contribution in [0, 0.1) is 0 Å².